The Morgan fingerprint density at radius 2 is 2.45 bits per heavy atom. The largest absolute Gasteiger partial charge is 0.481 e. The van der Waals surface area contributed by atoms with Crippen LogP contribution in [-0.2, 0) is 4.79 Å². The summed E-state index contributed by atoms with van der Waals surface area (Å²) in [6.07, 6.45) is 3.84. The molecule has 0 aromatic rings. The summed E-state index contributed by atoms with van der Waals surface area (Å²) in [6.45, 7) is 1.74. The number of carbonyl (C=O) groups is 1. The van der Waals surface area contributed by atoms with Gasteiger partial charge in [0.15, 0.2) is 0 Å². The first-order chi connectivity index (χ1) is 5.24. The minimum atomic E-state index is -0.649. The Hall–Kier alpha value is -0.220. The van der Waals surface area contributed by atoms with E-state index in [0.717, 1.165) is 19.4 Å². The van der Waals surface area contributed by atoms with E-state index in [4.69, 9.17) is 5.11 Å². The molecule has 1 rings (SSSR count). The van der Waals surface area contributed by atoms with Crippen LogP contribution in [-0.4, -0.2) is 34.7 Å². The molecule has 1 aliphatic rings. The minimum absolute atomic E-state index is 0.142. The number of carboxylic acid groups (broad SMARTS) is 1. The van der Waals surface area contributed by atoms with Crippen molar-refractivity contribution in [3.05, 3.63) is 0 Å². The maximum absolute atomic E-state index is 10.6. The van der Waals surface area contributed by atoms with E-state index in [2.05, 4.69) is 4.31 Å². The van der Waals surface area contributed by atoms with Gasteiger partial charge in [-0.05, 0) is 19.1 Å². The van der Waals surface area contributed by atoms with E-state index in [1.165, 1.54) is 0 Å². The van der Waals surface area contributed by atoms with E-state index >= 15 is 0 Å². The smallest absolute Gasteiger partial charge is 0.307 e. The lowest BCUT2D eigenvalue weighted by atomic mass is 10.0. The van der Waals surface area contributed by atoms with Gasteiger partial charge in [-0.25, -0.2) is 4.31 Å². The van der Waals surface area contributed by atoms with Gasteiger partial charge in [-0.1, -0.05) is 11.9 Å². The molecule has 0 aromatic carbocycles. The summed E-state index contributed by atoms with van der Waals surface area (Å²) in [5, 5.41) is 8.72. The van der Waals surface area contributed by atoms with Gasteiger partial charge in [0.2, 0.25) is 0 Å². The number of rotatable bonds is 2. The van der Waals surface area contributed by atoms with Crippen molar-refractivity contribution in [2.45, 2.75) is 12.8 Å². The van der Waals surface area contributed by atoms with Gasteiger partial charge in [0, 0.05) is 13.1 Å². The van der Waals surface area contributed by atoms with Crippen LogP contribution in [0.15, 0.2) is 0 Å². The maximum atomic E-state index is 10.6. The molecule has 0 radical (unpaired) electrons. The zero-order valence-electron chi connectivity index (χ0n) is 6.62. The van der Waals surface area contributed by atoms with Gasteiger partial charge in [0.1, 0.15) is 0 Å². The predicted octanol–water partition coefficient (Wildman–Crippen LogP) is 1.06. The monoisotopic (exact) mass is 175 g/mol. The fraction of sp³-hybridized carbons (Fsp3) is 0.857. The molecule has 3 nitrogen and oxygen atoms in total. The van der Waals surface area contributed by atoms with Crippen LogP contribution >= 0.6 is 11.9 Å². The van der Waals surface area contributed by atoms with Gasteiger partial charge < -0.3 is 5.11 Å². The molecule has 1 unspecified atom stereocenters. The van der Waals surface area contributed by atoms with Crippen molar-refractivity contribution in [2.75, 3.05) is 19.3 Å². The van der Waals surface area contributed by atoms with Crippen molar-refractivity contribution in [3.63, 3.8) is 0 Å². The van der Waals surface area contributed by atoms with Crippen LogP contribution in [0.1, 0.15) is 12.8 Å². The molecule has 0 aliphatic carbocycles. The van der Waals surface area contributed by atoms with E-state index in [0.29, 0.717) is 6.54 Å². The van der Waals surface area contributed by atoms with Crippen LogP contribution in [0.25, 0.3) is 0 Å². The number of aliphatic carboxylic acids is 1. The van der Waals surface area contributed by atoms with Crippen molar-refractivity contribution in [1.82, 2.24) is 4.31 Å². The lowest BCUT2D eigenvalue weighted by Gasteiger charge is -2.28. The third kappa shape index (κ3) is 2.38. The Kier molecular flexibility index (Phi) is 3.20. The van der Waals surface area contributed by atoms with Gasteiger partial charge in [-0.2, -0.15) is 0 Å². The number of hydrogen-bond donors (Lipinski definition) is 1. The summed E-state index contributed by atoms with van der Waals surface area (Å²) in [6, 6.07) is 0. The fourth-order valence-corrected chi connectivity index (χ4v) is 1.95. The van der Waals surface area contributed by atoms with Crippen LogP contribution in [0.4, 0.5) is 0 Å². The zero-order chi connectivity index (χ0) is 8.27. The average molecular weight is 175 g/mol. The van der Waals surface area contributed by atoms with Gasteiger partial charge in [0.05, 0.1) is 5.92 Å². The van der Waals surface area contributed by atoms with Crippen molar-refractivity contribution in [1.29, 1.82) is 0 Å². The second-order valence-corrected chi connectivity index (χ2v) is 3.63. The second-order valence-electron chi connectivity index (χ2n) is 2.75. The molecule has 1 fully saturated rings. The van der Waals surface area contributed by atoms with E-state index < -0.39 is 5.97 Å². The predicted molar refractivity (Wildman–Crippen MR) is 45.4 cm³/mol. The molecule has 0 aromatic heterocycles. The Balaban J connectivity index is 2.39. The molecule has 1 N–H and O–H groups in total. The molecule has 1 heterocycles. The summed E-state index contributed by atoms with van der Waals surface area (Å²) in [5.74, 6) is -0.792. The molecule has 0 saturated carbocycles. The first kappa shape index (κ1) is 8.87. The number of nitrogens with zero attached hydrogens (tertiary/aromatic N) is 1. The van der Waals surface area contributed by atoms with Gasteiger partial charge >= 0.3 is 5.97 Å². The quantitative estimate of drug-likeness (QED) is 0.637. The molecular formula is C7H13NO2S. The SMILES string of the molecule is CSN1CCCC(C(=O)O)C1. The van der Waals surface area contributed by atoms with Crippen molar-refractivity contribution < 1.29 is 9.90 Å². The van der Waals surface area contributed by atoms with Crippen molar-refractivity contribution >= 4 is 17.9 Å². The molecule has 0 amide bonds. The Bertz CT molecular complexity index is 151. The summed E-state index contributed by atoms with van der Waals surface area (Å²) in [5.41, 5.74) is 0. The van der Waals surface area contributed by atoms with Gasteiger partial charge in [-0.15, -0.1) is 0 Å². The highest BCUT2D eigenvalue weighted by molar-refractivity contribution is 7.96. The molecule has 0 bridgehead atoms. The van der Waals surface area contributed by atoms with E-state index in [9.17, 15) is 4.79 Å². The highest BCUT2D eigenvalue weighted by Crippen LogP contribution is 2.20. The second kappa shape index (κ2) is 3.97. The molecule has 1 aliphatic heterocycles. The van der Waals surface area contributed by atoms with Crippen LogP contribution in [0.2, 0.25) is 0 Å². The van der Waals surface area contributed by atoms with E-state index in [1.807, 2.05) is 6.26 Å². The van der Waals surface area contributed by atoms with Crippen molar-refractivity contribution in [2.24, 2.45) is 5.92 Å². The highest BCUT2D eigenvalue weighted by Gasteiger charge is 2.24. The van der Waals surface area contributed by atoms with E-state index in [-0.39, 0.29) is 5.92 Å². The van der Waals surface area contributed by atoms with Crippen molar-refractivity contribution in [3.8, 4) is 0 Å². The molecule has 64 valence electrons. The number of carboxylic acids is 1. The molecular weight excluding hydrogens is 162 g/mol. The molecule has 1 saturated heterocycles. The third-order valence-corrected chi connectivity index (χ3v) is 2.84. The molecule has 1 atom stereocenters. The Morgan fingerprint density at radius 3 is 3.00 bits per heavy atom. The normalized spacial score (nSPS) is 26.8. The van der Waals surface area contributed by atoms with Gasteiger partial charge in [-0.3, -0.25) is 4.79 Å². The molecule has 11 heavy (non-hydrogen) atoms. The van der Waals surface area contributed by atoms with Crippen LogP contribution in [0.3, 0.4) is 0 Å². The summed E-state index contributed by atoms with van der Waals surface area (Å²) >= 11 is 1.64. The van der Waals surface area contributed by atoms with Crippen LogP contribution < -0.4 is 0 Å². The van der Waals surface area contributed by atoms with E-state index in [1.54, 1.807) is 11.9 Å². The molecule has 4 heteroatoms. The zero-order valence-corrected chi connectivity index (χ0v) is 7.43. The summed E-state index contributed by atoms with van der Waals surface area (Å²) in [7, 11) is 0. The lowest BCUT2D eigenvalue weighted by molar-refractivity contribution is -0.142. The first-order valence-corrected chi connectivity index (χ1v) is 4.94. The maximum Gasteiger partial charge on any atom is 0.307 e. The average Bonchev–Trinajstić information content (AvgIpc) is 2.05. The van der Waals surface area contributed by atoms with Crippen LogP contribution in [0.5, 0.6) is 0 Å². The Labute approximate surface area is 70.9 Å². The number of hydrogen-bond acceptors (Lipinski definition) is 3. The third-order valence-electron chi connectivity index (χ3n) is 1.99. The Morgan fingerprint density at radius 1 is 1.73 bits per heavy atom. The minimum Gasteiger partial charge on any atom is -0.481 e. The topological polar surface area (TPSA) is 40.5 Å². The summed E-state index contributed by atoms with van der Waals surface area (Å²) < 4.78 is 2.11. The first-order valence-electron chi connectivity index (χ1n) is 3.76. The highest BCUT2D eigenvalue weighted by atomic mass is 32.2. The standard InChI is InChI=1S/C7H13NO2S/c1-11-8-4-2-3-6(5-8)7(9)10/h6H,2-5H2,1H3,(H,9,10). The fourth-order valence-electron chi connectivity index (χ4n) is 1.31. The van der Waals surface area contributed by atoms with Gasteiger partial charge in [0.25, 0.3) is 0 Å². The number of piperidine rings is 1. The lowest BCUT2D eigenvalue weighted by Crippen LogP contribution is -2.34. The molecule has 0 spiro atoms. The van der Waals surface area contributed by atoms with Crippen LogP contribution in [0, 0.1) is 5.92 Å². The summed E-state index contributed by atoms with van der Waals surface area (Å²) in [4.78, 5) is 10.6.